The molecule has 1 amide bonds. The van der Waals surface area contributed by atoms with Gasteiger partial charge in [-0.05, 0) is 44.7 Å². The van der Waals surface area contributed by atoms with Crippen LogP contribution in [0.1, 0.15) is 26.7 Å². The Bertz CT molecular complexity index is 493. The second-order valence-electron chi connectivity index (χ2n) is 5.76. The van der Waals surface area contributed by atoms with Crippen LogP contribution in [0.4, 0.5) is 4.39 Å². The summed E-state index contributed by atoms with van der Waals surface area (Å²) in [5.41, 5.74) is 5.93. The molecule has 1 fully saturated rings. The van der Waals surface area contributed by atoms with Gasteiger partial charge < -0.3 is 15.4 Å². The quantitative estimate of drug-likeness (QED) is 0.926. The number of benzene rings is 1. The average molecular weight is 294 g/mol. The summed E-state index contributed by atoms with van der Waals surface area (Å²) in [4.78, 5) is 14.2. The van der Waals surface area contributed by atoms with E-state index in [1.807, 2.05) is 11.8 Å². The van der Waals surface area contributed by atoms with Crippen molar-refractivity contribution in [2.24, 2.45) is 11.7 Å². The molecule has 0 aliphatic carbocycles. The first kappa shape index (κ1) is 15.8. The maximum Gasteiger partial charge on any atom is 0.263 e. The van der Waals surface area contributed by atoms with Crippen molar-refractivity contribution in [1.29, 1.82) is 0 Å². The number of carbonyl (C=O) groups excluding carboxylic acids is 1. The van der Waals surface area contributed by atoms with Crippen molar-refractivity contribution in [3.8, 4) is 5.75 Å². The third kappa shape index (κ3) is 4.17. The molecule has 1 heterocycles. The van der Waals surface area contributed by atoms with Crippen LogP contribution < -0.4 is 10.5 Å². The van der Waals surface area contributed by atoms with E-state index >= 15 is 0 Å². The molecule has 1 aromatic rings. The highest BCUT2D eigenvalue weighted by Crippen LogP contribution is 2.21. The fraction of sp³-hybridized carbons (Fsp3) is 0.562. The fourth-order valence-electron chi connectivity index (χ4n) is 2.69. The van der Waals surface area contributed by atoms with Crippen LogP contribution in [-0.4, -0.2) is 36.0 Å². The molecule has 2 rings (SSSR count). The summed E-state index contributed by atoms with van der Waals surface area (Å²) < 4.78 is 18.7. The number of carbonyl (C=O) groups is 1. The van der Waals surface area contributed by atoms with E-state index in [0.29, 0.717) is 18.2 Å². The molecule has 0 spiro atoms. The van der Waals surface area contributed by atoms with Gasteiger partial charge in [0.1, 0.15) is 11.6 Å². The minimum Gasteiger partial charge on any atom is -0.481 e. The van der Waals surface area contributed by atoms with Crippen molar-refractivity contribution < 1.29 is 13.9 Å². The Hall–Kier alpha value is -1.62. The minimum absolute atomic E-state index is 0.0652. The van der Waals surface area contributed by atoms with E-state index in [2.05, 4.69) is 0 Å². The molecule has 21 heavy (non-hydrogen) atoms. The SMILES string of the molecule is C[C@H](Oc1cccc(F)c1)C(=O)N1CCC[C@H]([C@H](C)N)C1. The van der Waals surface area contributed by atoms with Gasteiger partial charge in [-0.2, -0.15) is 0 Å². The first-order chi connectivity index (χ1) is 9.97. The monoisotopic (exact) mass is 294 g/mol. The first-order valence-corrected chi connectivity index (χ1v) is 7.44. The summed E-state index contributed by atoms with van der Waals surface area (Å²) in [7, 11) is 0. The van der Waals surface area contributed by atoms with Crippen LogP contribution in [0.15, 0.2) is 24.3 Å². The summed E-state index contributed by atoms with van der Waals surface area (Å²) >= 11 is 0. The van der Waals surface area contributed by atoms with E-state index in [9.17, 15) is 9.18 Å². The maximum absolute atomic E-state index is 13.1. The van der Waals surface area contributed by atoms with Gasteiger partial charge in [0.2, 0.25) is 0 Å². The normalized spacial score (nSPS) is 21.7. The number of nitrogens with two attached hydrogens (primary N) is 1. The average Bonchev–Trinajstić information content (AvgIpc) is 2.46. The molecule has 2 N–H and O–H groups in total. The van der Waals surface area contributed by atoms with Crippen LogP contribution in [0, 0.1) is 11.7 Å². The molecule has 0 saturated carbocycles. The Morgan fingerprint density at radius 3 is 2.90 bits per heavy atom. The van der Waals surface area contributed by atoms with Gasteiger partial charge >= 0.3 is 0 Å². The molecule has 0 radical (unpaired) electrons. The van der Waals surface area contributed by atoms with Gasteiger partial charge in [-0.15, -0.1) is 0 Å². The number of halogens is 1. The Morgan fingerprint density at radius 2 is 2.24 bits per heavy atom. The van der Waals surface area contributed by atoms with Crippen LogP contribution in [0.5, 0.6) is 5.75 Å². The molecule has 3 atom stereocenters. The summed E-state index contributed by atoms with van der Waals surface area (Å²) in [6, 6.07) is 5.92. The Morgan fingerprint density at radius 1 is 1.48 bits per heavy atom. The highest BCUT2D eigenvalue weighted by atomic mass is 19.1. The highest BCUT2D eigenvalue weighted by molar-refractivity contribution is 5.81. The number of piperidine rings is 1. The smallest absolute Gasteiger partial charge is 0.263 e. The standard InChI is InChI=1S/C16H23FN2O2/c1-11(18)13-5-4-8-19(10-13)16(20)12(2)21-15-7-3-6-14(17)9-15/h3,6-7,9,11-13H,4-5,8,10,18H2,1-2H3/t11-,12-,13-/m0/s1. The molecule has 1 saturated heterocycles. The Labute approximate surface area is 125 Å². The summed E-state index contributed by atoms with van der Waals surface area (Å²) in [6.45, 7) is 5.08. The summed E-state index contributed by atoms with van der Waals surface area (Å²) in [6.07, 6.45) is 1.39. The van der Waals surface area contributed by atoms with Gasteiger partial charge in [0.15, 0.2) is 6.10 Å². The maximum atomic E-state index is 13.1. The molecule has 0 aromatic heterocycles. The van der Waals surface area contributed by atoms with Crippen molar-refractivity contribution >= 4 is 5.91 Å². The van der Waals surface area contributed by atoms with Crippen molar-refractivity contribution in [1.82, 2.24) is 4.90 Å². The first-order valence-electron chi connectivity index (χ1n) is 7.44. The molecule has 5 heteroatoms. The summed E-state index contributed by atoms with van der Waals surface area (Å²) in [5.74, 6) is 0.271. The number of hydrogen-bond donors (Lipinski definition) is 1. The molecular weight excluding hydrogens is 271 g/mol. The van der Waals surface area contributed by atoms with Gasteiger partial charge in [-0.3, -0.25) is 4.79 Å². The van der Waals surface area contributed by atoms with Gasteiger partial charge in [0, 0.05) is 25.2 Å². The zero-order chi connectivity index (χ0) is 15.4. The van der Waals surface area contributed by atoms with Gasteiger partial charge in [0.05, 0.1) is 0 Å². The van der Waals surface area contributed by atoms with Crippen molar-refractivity contribution in [3.63, 3.8) is 0 Å². The molecule has 1 aliphatic heterocycles. The molecule has 4 nitrogen and oxygen atoms in total. The summed E-state index contributed by atoms with van der Waals surface area (Å²) in [5, 5.41) is 0. The topological polar surface area (TPSA) is 55.6 Å². The van der Waals surface area contributed by atoms with Crippen LogP contribution in [0.25, 0.3) is 0 Å². The van der Waals surface area contributed by atoms with Crippen LogP contribution in [-0.2, 0) is 4.79 Å². The molecule has 0 bridgehead atoms. The minimum atomic E-state index is -0.626. The predicted molar refractivity (Wildman–Crippen MR) is 79.4 cm³/mol. The second kappa shape index (κ2) is 6.89. The lowest BCUT2D eigenvalue weighted by Gasteiger charge is -2.35. The molecule has 116 valence electrons. The Kier molecular flexibility index (Phi) is 5.17. The van der Waals surface area contributed by atoms with E-state index in [-0.39, 0.29) is 17.8 Å². The predicted octanol–water partition coefficient (Wildman–Crippen LogP) is 2.18. The van der Waals surface area contributed by atoms with E-state index in [1.54, 1.807) is 19.1 Å². The third-order valence-corrected chi connectivity index (χ3v) is 3.97. The lowest BCUT2D eigenvalue weighted by molar-refractivity contribution is -0.139. The number of amides is 1. The van der Waals surface area contributed by atoms with E-state index in [0.717, 1.165) is 19.4 Å². The number of hydrogen-bond acceptors (Lipinski definition) is 3. The van der Waals surface area contributed by atoms with E-state index < -0.39 is 6.10 Å². The zero-order valence-corrected chi connectivity index (χ0v) is 12.6. The van der Waals surface area contributed by atoms with Crippen LogP contribution in [0.2, 0.25) is 0 Å². The third-order valence-electron chi connectivity index (χ3n) is 3.97. The molecule has 1 aliphatic rings. The van der Waals surface area contributed by atoms with Crippen molar-refractivity contribution in [2.45, 2.75) is 38.8 Å². The largest absolute Gasteiger partial charge is 0.481 e. The van der Waals surface area contributed by atoms with Crippen LogP contribution >= 0.6 is 0 Å². The molecule has 0 unspecified atom stereocenters. The number of rotatable bonds is 4. The van der Waals surface area contributed by atoms with Crippen molar-refractivity contribution in [2.75, 3.05) is 13.1 Å². The lowest BCUT2D eigenvalue weighted by Crippen LogP contribution is -2.48. The van der Waals surface area contributed by atoms with Gasteiger partial charge in [0.25, 0.3) is 5.91 Å². The van der Waals surface area contributed by atoms with Gasteiger partial charge in [-0.25, -0.2) is 4.39 Å². The van der Waals surface area contributed by atoms with Gasteiger partial charge in [-0.1, -0.05) is 6.07 Å². The van der Waals surface area contributed by atoms with E-state index in [1.165, 1.54) is 12.1 Å². The lowest BCUT2D eigenvalue weighted by atomic mass is 9.92. The highest BCUT2D eigenvalue weighted by Gasteiger charge is 2.29. The number of likely N-dealkylation sites (tertiary alicyclic amines) is 1. The zero-order valence-electron chi connectivity index (χ0n) is 12.6. The van der Waals surface area contributed by atoms with Crippen molar-refractivity contribution in [3.05, 3.63) is 30.1 Å². The molecular formula is C16H23FN2O2. The second-order valence-corrected chi connectivity index (χ2v) is 5.76. The Balaban J connectivity index is 1.95. The van der Waals surface area contributed by atoms with Crippen LogP contribution in [0.3, 0.4) is 0 Å². The number of ether oxygens (including phenoxy) is 1. The number of nitrogens with zero attached hydrogens (tertiary/aromatic N) is 1. The van der Waals surface area contributed by atoms with E-state index in [4.69, 9.17) is 10.5 Å². The fourth-order valence-corrected chi connectivity index (χ4v) is 2.69. The molecule has 1 aromatic carbocycles.